The zero-order valence-electron chi connectivity index (χ0n) is 13.6. The number of nitrogens with one attached hydrogen (secondary N) is 1. The normalized spacial score (nSPS) is 23.9. The second-order valence-corrected chi connectivity index (χ2v) is 7.30. The number of amides is 1. The molecule has 2 N–H and O–H groups in total. The molecule has 0 bridgehead atoms. The van der Waals surface area contributed by atoms with Crippen LogP contribution in [0.25, 0.3) is 0 Å². The molecule has 118 valence electrons. The van der Waals surface area contributed by atoms with Gasteiger partial charge in [-0.3, -0.25) is 4.79 Å². The molecule has 4 nitrogen and oxygen atoms in total. The summed E-state index contributed by atoms with van der Waals surface area (Å²) in [4.78, 5) is 14.1. The summed E-state index contributed by atoms with van der Waals surface area (Å²) in [6, 6.07) is 0.361. The molecule has 2 unspecified atom stereocenters. The Morgan fingerprint density at radius 1 is 1.35 bits per heavy atom. The monoisotopic (exact) mass is 284 g/mol. The van der Waals surface area contributed by atoms with Crippen LogP contribution in [0.4, 0.5) is 0 Å². The average molecular weight is 284 g/mol. The summed E-state index contributed by atoms with van der Waals surface area (Å²) in [6.07, 6.45) is 3.40. The van der Waals surface area contributed by atoms with Gasteiger partial charge in [0.15, 0.2) is 0 Å². The van der Waals surface area contributed by atoms with Gasteiger partial charge in [-0.25, -0.2) is 0 Å². The molecule has 20 heavy (non-hydrogen) atoms. The van der Waals surface area contributed by atoms with Crippen molar-refractivity contribution >= 4 is 5.91 Å². The molecule has 1 saturated heterocycles. The SMILES string of the molecule is CCCC(=O)N1CC(CCO)CC(NCC(C)(C)C)C1. The Balaban J connectivity index is 2.58. The lowest BCUT2D eigenvalue weighted by atomic mass is 9.90. The van der Waals surface area contributed by atoms with E-state index in [1.807, 2.05) is 11.8 Å². The van der Waals surface area contributed by atoms with E-state index in [-0.39, 0.29) is 17.9 Å². The third kappa shape index (κ3) is 6.23. The minimum Gasteiger partial charge on any atom is -0.396 e. The smallest absolute Gasteiger partial charge is 0.222 e. The summed E-state index contributed by atoms with van der Waals surface area (Å²) in [7, 11) is 0. The first-order valence-corrected chi connectivity index (χ1v) is 7.97. The van der Waals surface area contributed by atoms with E-state index in [2.05, 4.69) is 26.1 Å². The summed E-state index contributed by atoms with van der Waals surface area (Å²) in [5.74, 6) is 0.685. The number of piperidine rings is 1. The van der Waals surface area contributed by atoms with Crippen LogP contribution in [0.5, 0.6) is 0 Å². The maximum Gasteiger partial charge on any atom is 0.222 e. The molecule has 2 atom stereocenters. The summed E-state index contributed by atoms with van der Waals surface area (Å²) < 4.78 is 0. The maximum absolute atomic E-state index is 12.1. The standard InChI is InChI=1S/C16H32N2O2/c1-5-6-15(20)18-10-13(7-8-19)9-14(11-18)17-12-16(2,3)4/h13-14,17,19H,5-12H2,1-4H3. The molecule has 0 aliphatic carbocycles. The van der Waals surface area contributed by atoms with Crippen LogP contribution < -0.4 is 5.32 Å². The lowest BCUT2D eigenvalue weighted by molar-refractivity contribution is -0.133. The number of hydrogen-bond acceptors (Lipinski definition) is 3. The van der Waals surface area contributed by atoms with Crippen LogP contribution in [0.15, 0.2) is 0 Å². The Morgan fingerprint density at radius 3 is 2.60 bits per heavy atom. The lowest BCUT2D eigenvalue weighted by Gasteiger charge is -2.39. The highest BCUT2D eigenvalue weighted by Crippen LogP contribution is 2.22. The molecule has 1 aliphatic rings. The van der Waals surface area contributed by atoms with Crippen molar-refractivity contribution in [2.24, 2.45) is 11.3 Å². The van der Waals surface area contributed by atoms with Crippen LogP contribution in [0.2, 0.25) is 0 Å². The van der Waals surface area contributed by atoms with Crippen LogP contribution in [-0.2, 0) is 4.79 Å². The van der Waals surface area contributed by atoms with Crippen LogP contribution in [0.1, 0.15) is 53.4 Å². The second-order valence-electron chi connectivity index (χ2n) is 7.30. The molecule has 1 heterocycles. The molecule has 1 amide bonds. The molecule has 1 aliphatic heterocycles. The van der Waals surface area contributed by atoms with Crippen molar-refractivity contribution in [3.05, 3.63) is 0 Å². The van der Waals surface area contributed by atoms with Crippen molar-refractivity contribution in [2.75, 3.05) is 26.2 Å². The van der Waals surface area contributed by atoms with Crippen LogP contribution in [0, 0.1) is 11.3 Å². The Hall–Kier alpha value is -0.610. The number of aliphatic hydroxyl groups excluding tert-OH is 1. The molecular formula is C16H32N2O2. The van der Waals surface area contributed by atoms with E-state index in [0.717, 1.165) is 38.9 Å². The first-order valence-electron chi connectivity index (χ1n) is 7.97. The van der Waals surface area contributed by atoms with Crippen LogP contribution >= 0.6 is 0 Å². The van der Waals surface area contributed by atoms with Gasteiger partial charge in [0.05, 0.1) is 0 Å². The second kappa shape index (κ2) is 7.99. The van der Waals surface area contributed by atoms with E-state index in [4.69, 9.17) is 5.11 Å². The van der Waals surface area contributed by atoms with Crippen LogP contribution in [0.3, 0.4) is 0 Å². The van der Waals surface area contributed by atoms with Crippen molar-refractivity contribution in [3.8, 4) is 0 Å². The van der Waals surface area contributed by atoms with Gasteiger partial charge in [0, 0.05) is 38.7 Å². The Bertz CT molecular complexity index is 299. The quantitative estimate of drug-likeness (QED) is 0.784. The number of aliphatic hydroxyl groups is 1. The maximum atomic E-state index is 12.1. The van der Waals surface area contributed by atoms with Crippen molar-refractivity contribution < 1.29 is 9.90 Å². The third-order valence-corrected chi connectivity index (χ3v) is 3.81. The number of carbonyl (C=O) groups is 1. The predicted molar refractivity (Wildman–Crippen MR) is 82.5 cm³/mol. The largest absolute Gasteiger partial charge is 0.396 e. The van der Waals surface area contributed by atoms with E-state index in [1.54, 1.807) is 0 Å². The van der Waals surface area contributed by atoms with Gasteiger partial charge in [0.25, 0.3) is 0 Å². The first kappa shape index (κ1) is 17.4. The molecule has 0 saturated carbocycles. The summed E-state index contributed by atoms with van der Waals surface area (Å²) >= 11 is 0. The summed E-state index contributed by atoms with van der Waals surface area (Å²) in [5.41, 5.74) is 0.252. The molecule has 0 aromatic heterocycles. The Labute approximate surface area is 123 Å². The van der Waals surface area contributed by atoms with E-state index >= 15 is 0 Å². The number of likely N-dealkylation sites (tertiary alicyclic amines) is 1. The number of nitrogens with zero attached hydrogens (tertiary/aromatic N) is 1. The fourth-order valence-corrected chi connectivity index (χ4v) is 2.77. The molecule has 4 heteroatoms. The minimum absolute atomic E-state index is 0.215. The molecule has 1 rings (SSSR count). The van der Waals surface area contributed by atoms with Crippen molar-refractivity contribution in [2.45, 2.75) is 59.4 Å². The molecule has 0 aromatic carbocycles. The average Bonchev–Trinajstić information content (AvgIpc) is 2.36. The molecular weight excluding hydrogens is 252 g/mol. The number of carbonyl (C=O) groups excluding carboxylic acids is 1. The Morgan fingerprint density at radius 2 is 2.05 bits per heavy atom. The number of rotatable bonds is 6. The van der Waals surface area contributed by atoms with Gasteiger partial charge in [0.2, 0.25) is 5.91 Å². The molecule has 1 fully saturated rings. The van der Waals surface area contributed by atoms with E-state index in [0.29, 0.717) is 18.4 Å². The first-order chi connectivity index (χ1) is 9.35. The van der Waals surface area contributed by atoms with Gasteiger partial charge in [-0.1, -0.05) is 27.7 Å². The zero-order chi connectivity index (χ0) is 15.2. The van der Waals surface area contributed by atoms with E-state index < -0.39 is 0 Å². The topological polar surface area (TPSA) is 52.6 Å². The lowest BCUT2D eigenvalue weighted by Crippen LogP contribution is -2.52. The van der Waals surface area contributed by atoms with Crippen LogP contribution in [-0.4, -0.2) is 48.2 Å². The van der Waals surface area contributed by atoms with Crippen molar-refractivity contribution in [1.29, 1.82) is 0 Å². The molecule has 0 radical (unpaired) electrons. The minimum atomic E-state index is 0.215. The molecule has 0 spiro atoms. The third-order valence-electron chi connectivity index (χ3n) is 3.81. The highest BCUT2D eigenvalue weighted by Gasteiger charge is 2.29. The highest BCUT2D eigenvalue weighted by molar-refractivity contribution is 5.76. The predicted octanol–water partition coefficient (Wildman–Crippen LogP) is 2.02. The van der Waals surface area contributed by atoms with Gasteiger partial charge in [-0.05, 0) is 30.6 Å². The number of hydrogen-bond donors (Lipinski definition) is 2. The zero-order valence-corrected chi connectivity index (χ0v) is 13.6. The Kier molecular flexibility index (Phi) is 6.96. The fraction of sp³-hybridized carbons (Fsp3) is 0.938. The van der Waals surface area contributed by atoms with E-state index in [1.165, 1.54) is 0 Å². The fourth-order valence-electron chi connectivity index (χ4n) is 2.77. The van der Waals surface area contributed by atoms with Gasteiger partial charge < -0.3 is 15.3 Å². The molecule has 0 aromatic rings. The summed E-state index contributed by atoms with van der Waals surface area (Å²) in [5, 5.41) is 12.8. The van der Waals surface area contributed by atoms with Crippen molar-refractivity contribution in [1.82, 2.24) is 10.2 Å². The highest BCUT2D eigenvalue weighted by atomic mass is 16.3. The van der Waals surface area contributed by atoms with Gasteiger partial charge in [-0.15, -0.1) is 0 Å². The van der Waals surface area contributed by atoms with Gasteiger partial charge in [0.1, 0.15) is 0 Å². The van der Waals surface area contributed by atoms with Crippen molar-refractivity contribution in [3.63, 3.8) is 0 Å². The van der Waals surface area contributed by atoms with E-state index in [9.17, 15) is 4.79 Å². The van der Waals surface area contributed by atoms with Gasteiger partial charge >= 0.3 is 0 Å². The summed E-state index contributed by atoms with van der Waals surface area (Å²) in [6.45, 7) is 11.5. The van der Waals surface area contributed by atoms with Gasteiger partial charge in [-0.2, -0.15) is 0 Å².